The molecule has 1 aliphatic carbocycles. The maximum atomic E-state index is 15.3. The predicted octanol–water partition coefficient (Wildman–Crippen LogP) is 6.35. The molecule has 0 aliphatic heterocycles. The number of rotatable bonds is 7. The minimum absolute atomic E-state index is 0.00120. The van der Waals surface area contributed by atoms with Crippen molar-refractivity contribution < 1.29 is 21.6 Å². The van der Waals surface area contributed by atoms with Crippen molar-refractivity contribution in [3.8, 4) is 11.3 Å². The van der Waals surface area contributed by atoms with E-state index in [9.17, 15) is 17.2 Å². The first-order valence-corrected chi connectivity index (χ1v) is 15.0. The Morgan fingerprint density at radius 2 is 1.90 bits per heavy atom. The van der Waals surface area contributed by atoms with Crippen LogP contribution < -0.4 is 15.8 Å². The van der Waals surface area contributed by atoms with Gasteiger partial charge in [0.2, 0.25) is 0 Å². The fourth-order valence-corrected chi connectivity index (χ4v) is 7.06. The van der Waals surface area contributed by atoms with Crippen LogP contribution in [0, 0.1) is 5.82 Å². The lowest BCUT2D eigenvalue weighted by molar-refractivity contribution is -0.0677. The van der Waals surface area contributed by atoms with Crippen LogP contribution in [0.1, 0.15) is 50.6 Å². The first-order chi connectivity index (χ1) is 19.3. The standard InChI is InChI=1S/C28H30ClF3N6O2S/c1-15(2)38-26-18(17-9-11-23(34-3)28(31,32)13-17)14-35-27(33)24(26)25(36-38)16-8-10-21(20(30)12-16)37-41(39,40)22-7-5-4-6-19(22)29/h4-8,10,12,14-15,17,23,34,37H,9,11,13H2,1-3H3,(H2,33,35). The van der Waals surface area contributed by atoms with Gasteiger partial charge in [0.05, 0.1) is 27.7 Å². The van der Waals surface area contributed by atoms with Crippen LogP contribution in [0.3, 0.4) is 0 Å². The number of nitrogens with two attached hydrogens (primary N) is 1. The van der Waals surface area contributed by atoms with E-state index in [1.165, 1.54) is 43.6 Å². The van der Waals surface area contributed by atoms with E-state index in [2.05, 4.69) is 15.0 Å². The summed E-state index contributed by atoms with van der Waals surface area (Å²) in [5.74, 6) is -4.11. The number of pyridine rings is 1. The number of halogens is 4. The number of nitrogen functional groups attached to an aromatic ring is 1. The lowest BCUT2D eigenvalue weighted by Crippen LogP contribution is -2.47. The molecular formula is C28H30ClF3N6O2S. The number of hydrogen-bond acceptors (Lipinski definition) is 6. The first kappa shape index (κ1) is 29.2. The molecule has 0 spiro atoms. The van der Waals surface area contributed by atoms with Crippen molar-refractivity contribution >= 4 is 44.0 Å². The molecule has 8 nitrogen and oxygen atoms in total. The van der Waals surface area contributed by atoms with Crippen molar-refractivity contribution in [1.29, 1.82) is 0 Å². The second kappa shape index (κ2) is 10.8. The molecule has 0 saturated heterocycles. The van der Waals surface area contributed by atoms with E-state index in [0.717, 1.165) is 6.07 Å². The first-order valence-electron chi connectivity index (χ1n) is 13.1. The van der Waals surface area contributed by atoms with Crippen molar-refractivity contribution in [2.75, 3.05) is 17.5 Å². The third-order valence-electron chi connectivity index (χ3n) is 7.51. The number of benzene rings is 2. The topological polar surface area (TPSA) is 115 Å². The normalized spacial score (nSPS) is 19.1. The molecular weight excluding hydrogens is 577 g/mol. The second-order valence-electron chi connectivity index (χ2n) is 10.5. The van der Waals surface area contributed by atoms with E-state index in [1.807, 2.05) is 13.8 Å². The molecule has 2 aromatic carbocycles. The Morgan fingerprint density at radius 1 is 1.17 bits per heavy atom. The predicted molar refractivity (Wildman–Crippen MR) is 154 cm³/mol. The third kappa shape index (κ3) is 5.35. The highest BCUT2D eigenvalue weighted by Crippen LogP contribution is 2.45. The lowest BCUT2D eigenvalue weighted by Gasteiger charge is -2.36. The van der Waals surface area contributed by atoms with Crippen molar-refractivity contribution in [3.63, 3.8) is 0 Å². The van der Waals surface area contributed by atoms with E-state index < -0.39 is 33.7 Å². The maximum Gasteiger partial charge on any atom is 0.263 e. The Balaban J connectivity index is 1.57. The number of alkyl halides is 2. The highest BCUT2D eigenvalue weighted by atomic mass is 35.5. The second-order valence-corrected chi connectivity index (χ2v) is 12.6. The van der Waals surface area contributed by atoms with E-state index >= 15 is 4.39 Å². The molecule has 13 heteroatoms. The number of aromatic nitrogens is 3. The van der Waals surface area contributed by atoms with Crippen molar-refractivity contribution in [1.82, 2.24) is 20.1 Å². The summed E-state index contributed by atoms with van der Waals surface area (Å²) in [5.41, 5.74) is 7.86. The molecule has 1 fully saturated rings. The highest BCUT2D eigenvalue weighted by Gasteiger charge is 2.45. The monoisotopic (exact) mass is 606 g/mol. The van der Waals surface area contributed by atoms with Gasteiger partial charge in [-0.3, -0.25) is 9.40 Å². The minimum Gasteiger partial charge on any atom is -0.383 e. The van der Waals surface area contributed by atoms with Gasteiger partial charge in [0, 0.05) is 24.2 Å². The van der Waals surface area contributed by atoms with Gasteiger partial charge in [0.1, 0.15) is 22.2 Å². The van der Waals surface area contributed by atoms with E-state index in [-0.39, 0.29) is 33.9 Å². The quantitative estimate of drug-likeness (QED) is 0.226. The van der Waals surface area contributed by atoms with Crippen LogP contribution in [-0.2, 0) is 10.0 Å². The summed E-state index contributed by atoms with van der Waals surface area (Å²) in [4.78, 5) is 4.14. The molecule has 2 aromatic heterocycles. The molecule has 218 valence electrons. The van der Waals surface area contributed by atoms with Gasteiger partial charge in [-0.2, -0.15) is 5.10 Å². The van der Waals surface area contributed by atoms with E-state index in [1.54, 1.807) is 10.7 Å². The zero-order valence-electron chi connectivity index (χ0n) is 22.6. The summed E-state index contributed by atoms with van der Waals surface area (Å²) < 4.78 is 74.8. The molecule has 2 heterocycles. The van der Waals surface area contributed by atoms with Crippen molar-refractivity contribution in [2.45, 2.75) is 61.9 Å². The summed E-state index contributed by atoms with van der Waals surface area (Å²) in [6.45, 7) is 3.80. The Kier molecular flexibility index (Phi) is 7.68. The van der Waals surface area contributed by atoms with Gasteiger partial charge in [0.25, 0.3) is 15.9 Å². The molecule has 0 bridgehead atoms. The van der Waals surface area contributed by atoms with Crippen LogP contribution >= 0.6 is 11.6 Å². The number of nitrogens with zero attached hydrogens (tertiary/aromatic N) is 3. The molecule has 41 heavy (non-hydrogen) atoms. The number of anilines is 2. The molecule has 0 amide bonds. The highest BCUT2D eigenvalue weighted by molar-refractivity contribution is 7.92. The molecule has 0 radical (unpaired) electrons. The van der Waals surface area contributed by atoms with Gasteiger partial charge in [-0.15, -0.1) is 0 Å². The van der Waals surface area contributed by atoms with Crippen LogP contribution in [0.5, 0.6) is 0 Å². The smallest absolute Gasteiger partial charge is 0.263 e. The molecule has 2 atom stereocenters. The fraction of sp³-hybridized carbons (Fsp3) is 0.357. The van der Waals surface area contributed by atoms with Gasteiger partial charge >= 0.3 is 0 Å². The van der Waals surface area contributed by atoms with Gasteiger partial charge in [-0.05, 0) is 69.5 Å². The number of nitrogens with one attached hydrogen (secondary N) is 2. The maximum absolute atomic E-state index is 15.3. The zero-order chi connectivity index (χ0) is 29.7. The third-order valence-corrected chi connectivity index (χ3v) is 9.37. The fourth-order valence-electron chi connectivity index (χ4n) is 5.47. The average molecular weight is 607 g/mol. The summed E-state index contributed by atoms with van der Waals surface area (Å²) >= 11 is 6.03. The van der Waals surface area contributed by atoms with Gasteiger partial charge in [-0.1, -0.05) is 29.8 Å². The SMILES string of the molecule is CNC1CCC(c2cnc(N)c3c(-c4ccc(NS(=O)(=O)c5ccccc5Cl)c(F)c4)nn(C(C)C)c23)CC1(F)F. The Morgan fingerprint density at radius 3 is 2.54 bits per heavy atom. The average Bonchev–Trinajstić information content (AvgIpc) is 3.31. The summed E-state index contributed by atoms with van der Waals surface area (Å²) in [6, 6.07) is 8.70. The van der Waals surface area contributed by atoms with Crippen LogP contribution in [0.4, 0.5) is 24.7 Å². The Bertz CT molecular complexity index is 1730. The summed E-state index contributed by atoms with van der Waals surface area (Å²) in [7, 11) is -2.63. The summed E-state index contributed by atoms with van der Waals surface area (Å²) in [6.07, 6.45) is 2.00. The minimum atomic E-state index is -4.16. The molecule has 2 unspecified atom stereocenters. The van der Waals surface area contributed by atoms with Crippen LogP contribution in [0.2, 0.25) is 5.02 Å². The largest absolute Gasteiger partial charge is 0.383 e. The van der Waals surface area contributed by atoms with Gasteiger partial charge < -0.3 is 11.1 Å². The number of hydrogen-bond donors (Lipinski definition) is 3. The Hall–Kier alpha value is -3.35. The molecule has 4 N–H and O–H groups in total. The van der Waals surface area contributed by atoms with Gasteiger partial charge in [-0.25, -0.2) is 26.6 Å². The number of fused-ring (bicyclic) bond motifs is 1. The van der Waals surface area contributed by atoms with Crippen LogP contribution in [0.25, 0.3) is 22.2 Å². The molecule has 1 saturated carbocycles. The van der Waals surface area contributed by atoms with Crippen molar-refractivity contribution in [3.05, 3.63) is 65.1 Å². The van der Waals surface area contributed by atoms with Gasteiger partial charge in [0.15, 0.2) is 0 Å². The lowest BCUT2D eigenvalue weighted by atomic mass is 9.79. The molecule has 1 aliphatic rings. The molecule has 5 rings (SSSR count). The Labute approximate surface area is 241 Å². The van der Waals surface area contributed by atoms with E-state index in [0.29, 0.717) is 40.6 Å². The van der Waals surface area contributed by atoms with Crippen LogP contribution in [-0.4, -0.2) is 42.2 Å². The summed E-state index contributed by atoms with van der Waals surface area (Å²) in [5, 5.41) is 7.87. The molecule has 4 aromatic rings. The van der Waals surface area contributed by atoms with Crippen molar-refractivity contribution in [2.24, 2.45) is 0 Å². The number of sulfonamides is 1. The van der Waals surface area contributed by atoms with Crippen LogP contribution in [0.15, 0.2) is 53.6 Å². The zero-order valence-corrected chi connectivity index (χ0v) is 24.2. The van der Waals surface area contributed by atoms with E-state index in [4.69, 9.17) is 22.4 Å².